The summed E-state index contributed by atoms with van der Waals surface area (Å²) in [5, 5.41) is 8.97. The third kappa shape index (κ3) is 1.81. The zero-order valence-corrected chi connectivity index (χ0v) is 10.5. The molecule has 0 radical (unpaired) electrons. The maximum atomic E-state index is 8.97. The lowest BCUT2D eigenvalue weighted by atomic mass is 10.2. The van der Waals surface area contributed by atoms with Crippen molar-refractivity contribution in [3.63, 3.8) is 0 Å². The molecule has 1 heterocycles. The molecule has 0 saturated carbocycles. The molecule has 4 heteroatoms. The van der Waals surface area contributed by atoms with Crippen molar-refractivity contribution < 1.29 is 0 Å². The van der Waals surface area contributed by atoms with E-state index in [1.807, 2.05) is 41.8 Å². The number of aromatic nitrogens is 2. The van der Waals surface area contributed by atoms with Gasteiger partial charge in [-0.25, -0.2) is 4.98 Å². The Morgan fingerprint density at radius 1 is 1.21 bits per heavy atom. The summed E-state index contributed by atoms with van der Waals surface area (Å²) in [6.07, 6.45) is 0. The molecule has 0 aliphatic carbocycles. The lowest BCUT2D eigenvalue weighted by molar-refractivity contribution is 1.11. The molecule has 2 N–H and O–H groups in total. The third-order valence-corrected chi connectivity index (χ3v) is 3.07. The molecule has 0 bridgehead atoms. The molecule has 0 spiro atoms. The molecule has 0 aliphatic heterocycles. The van der Waals surface area contributed by atoms with Gasteiger partial charge in [0, 0.05) is 0 Å². The first-order valence-electron chi connectivity index (χ1n) is 5.94. The number of anilines is 1. The molecule has 0 saturated heterocycles. The van der Waals surface area contributed by atoms with Gasteiger partial charge in [-0.1, -0.05) is 12.1 Å². The lowest BCUT2D eigenvalue weighted by Crippen LogP contribution is -2.00. The second kappa shape index (κ2) is 4.14. The molecule has 92 valence electrons. The Morgan fingerprint density at radius 3 is 2.84 bits per heavy atom. The first-order chi connectivity index (χ1) is 9.19. The molecule has 0 aliphatic rings. The normalized spacial score (nSPS) is 10.5. The molecule has 2 aromatic carbocycles. The Kier molecular flexibility index (Phi) is 2.46. The molecular weight excluding hydrogens is 236 g/mol. The molecule has 3 aromatic rings. The van der Waals surface area contributed by atoms with Gasteiger partial charge in [0.25, 0.3) is 0 Å². The average Bonchev–Trinajstić information content (AvgIpc) is 2.73. The highest BCUT2D eigenvalue weighted by Gasteiger charge is 2.10. The predicted octanol–water partition coefficient (Wildman–Crippen LogP) is 2.79. The van der Waals surface area contributed by atoms with Gasteiger partial charge in [0.2, 0.25) is 5.95 Å². The smallest absolute Gasteiger partial charge is 0.205 e. The Morgan fingerprint density at radius 2 is 2.05 bits per heavy atom. The van der Waals surface area contributed by atoms with Crippen molar-refractivity contribution in [3.05, 3.63) is 53.6 Å². The Hall–Kier alpha value is -2.80. The van der Waals surface area contributed by atoms with E-state index in [4.69, 9.17) is 11.0 Å². The minimum Gasteiger partial charge on any atom is -0.369 e. The van der Waals surface area contributed by atoms with E-state index in [2.05, 4.69) is 11.1 Å². The predicted molar refractivity (Wildman–Crippen MR) is 74.9 cm³/mol. The van der Waals surface area contributed by atoms with Crippen molar-refractivity contribution in [1.82, 2.24) is 9.55 Å². The minimum atomic E-state index is 0.427. The summed E-state index contributed by atoms with van der Waals surface area (Å²) in [6, 6.07) is 15.5. The van der Waals surface area contributed by atoms with Crippen molar-refractivity contribution in [2.45, 2.75) is 6.92 Å². The van der Waals surface area contributed by atoms with Crippen LogP contribution in [0, 0.1) is 18.3 Å². The van der Waals surface area contributed by atoms with E-state index >= 15 is 0 Å². The average molecular weight is 248 g/mol. The second-order valence-corrected chi connectivity index (χ2v) is 4.46. The van der Waals surface area contributed by atoms with Crippen LogP contribution in [0.4, 0.5) is 5.95 Å². The van der Waals surface area contributed by atoms with Gasteiger partial charge < -0.3 is 5.73 Å². The highest BCUT2D eigenvalue weighted by atomic mass is 15.2. The van der Waals surface area contributed by atoms with E-state index in [-0.39, 0.29) is 0 Å². The second-order valence-electron chi connectivity index (χ2n) is 4.46. The van der Waals surface area contributed by atoms with Gasteiger partial charge in [0.1, 0.15) is 0 Å². The fourth-order valence-corrected chi connectivity index (χ4v) is 2.19. The van der Waals surface area contributed by atoms with Gasteiger partial charge in [-0.3, -0.25) is 4.57 Å². The number of benzene rings is 2. The van der Waals surface area contributed by atoms with E-state index in [0.29, 0.717) is 11.5 Å². The number of aryl methyl sites for hydroxylation is 1. The van der Waals surface area contributed by atoms with Gasteiger partial charge in [-0.15, -0.1) is 0 Å². The number of nitrogens with zero attached hydrogens (tertiary/aromatic N) is 3. The van der Waals surface area contributed by atoms with Crippen LogP contribution in [0.5, 0.6) is 0 Å². The zero-order valence-electron chi connectivity index (χ0n) is 10.5. The van der Waals surface area contributed by atoms with Crippen LogP contribution in [-0.4, -0.2) is 9.55 Å². The highest BCUT2D eigenvalue weighted by molar-refractivity contribution is 5.81. The largest absolute Gasteiger partial charge is 0.369 e. The molecule has 1 aromatic heterocycles. The molecule has 19 heavy (non-hydrogen) atoms. The van der Waals surface area contributed by atoms with Crippen LogP contribution in [0.2, 0.25) is 0 Å². The first kappa shape index (κ1) is 11.3. The summed E-state index contributed by atoms with van der Waals surface area (Å²) in [6.45, 7) is 2.02. The van der Waals surface area contributed by atoms with Gasteiger partial charge in [0.15, 0.2) is 0 Å². The number of imidazole rings is 1. The van der Waals surface area contributed by atoms with Crippen molar-refractivity contribution >= 4 is 17.0 Å². The van der Waals surface area contributed by atoms with Gasteiger partial charge in [-0.05, 0) is 42.8 Å². The van der Waals surface area contributed by atoms with Gasteiger partial charge >= 0.3 is 0 Å². The van der Waals surface area contributed by atoms with E-state index < -0.39 is 0 Å². The number of fused-ring (bicyclic) bond motifs is 1. The van der Waals surface area contributed by atoms with Gasteiger partial charge in [0.05, 0.1) is 28.4 Å². The van der Waals surface area contributed by atoms with Crippen LogP contribution in [0.15, 0.2) is 42.5 Å². The zero-order chi connectivity index (χ0) is 13.4. The molecule has 3 rings (SSSR count). The van der Waals surface area contributed by atoms with E-state index in [9.17, 15) is 0 Å². The quantitative estimate of drug-likeness (QED) is 0.720. The van der Waals surface area contributed by atoms with Crippen LogP contribution in [-0.2, 0) is 0 Å². The van der Waals surface area contributed by atoms with Crippen LogP contribution >= 0.6 is 0 Å². The van der Waals surface area contributed by atoms with Crippen LogP contribution in [0.25, 0.3) is 16.7 Å². The minimum absolute atomic E-state index is 0.427. The summed E-state index contributed by atoms with van der Waals surface area (Å²) in [7, 11) is 0. The standard InChI is InChI=1S/C15H12N4/c1-10-5-6-14-13(7-10)18-15(17)19(14)12-4-2-3-11(8-12)9-16/h2-8H,1H3,(H2,17,18). The summed E-state index contributed by atoms with van der Waals surface area (Å²) in [5.41, 5.74) is 10.4. The van der Waals surface area contributed by atoms with Gasteiger partial charge in [-0.2, -0.15) is 5.26 Å². The molecule has 0 atom stereocenters. The Balaban J connectivity index is 2.30. The fourth-order valence-electron chi connectivity index (χ4n) is 2.19. The summed E-state index contributed by atoms with van der Waals surface area (Å²) >= 11 is 0. The molecular formula is C15H12N4. The maximum Gasteiger partial charge on any atom is 0.205 e. The van der Waals surface area contributed by atoms with Crippen molar-refractivity contribution in [2.24, 2.45) is 0 Å². The van der Waals surface area contributed by atoms with Crippen LogP contribution in [0.1, 0.15) is 11.1 Å². The van der Waals surface area contributed by atoms with Crippen molar-refractivity contribution in [3.8, 4) is 11.8 Å². The Bertz CT molecular complexity index is 809. The number of rotatable bonds is 1. The molecule has 0 amide bonds. The molecule has 0 fully saturated rings. The summed E-state index contributed by atoms with van der Waals surface area (Å²) < 4.78 is 1.86. The number of hydrogen-bond donors (Lipinski definition) is 1. The number of nitrogens with two attached hydrogens (primary N) is 1. The summed E-state index contributed by atoms with van der Waals surface area (Å²) in [5.74, 6) is 0.427. The number of nitrogen functional groups attached to an aromatic ring is 1. The van der Waals surface area contributed by atoms with E-state index in [1.54, 1.807) is 12.1 Å². The van der Waals surface area contributed by atoms with Crippen LogP contribution < -0.4 is 5.73 Å². The molecule has 4 nitrogen and oxygen atoms in total. The SMILES string of the molecule is Cc1ccc2c(c1)nc(N)n2-c1cccc(C#N)c1. The topological polar surface area (TPSA) is 67.6 Å². The fraction of sp³-hybridized carbons (Fsp3) is 0.0667. The third-order valence-electron chi connectivity index (χ3n) is 3.07. The summed E-state index contributed by atoms with van der Waals surface area (Å²) in [4.78, 5) is 4.36. The molecule has 0 unspecified atom stereocenters. The number of nitriles is 1. The monoisotopic (exact) mass is 248 g/mol. The van der Waals surface area contributed by atoms with Crippen molar-refractivity contribution in [2.75, 3.05) is 5.73 Å². The van der Waals surface area contributed by atoms with E-state index in [1.165, 1.54) is 0 Å². The first-order valence-corrected chi connectivity index (χ1v) is 5.94. The van der Waals surface area contributed by atoms with Crippen molar-refractivity contribution in [1.29, 1.82) is 5.26 Å². The maximum absolute atomic E-state index is 8.97. The van der Waals surface area contributed by atoms with E-state index in [0.717, 1.165) is 22.3 Å². The van der Waals surface area contributed by atoms with Crippen LogP contribution in [0.3, 0.4) is 0 Å². The highest BCUT2D eigenvalue weighted by Crippen LogP contribution is 2.24. The number of hydrogen-bond acceptors (Lipinski definition) is 3. The Labute approximate surface area is 110 Å². The lowest BCUT2D eigenvalue weighted by Gasteiger charge is -2.06.